The molecule has 0 aliphatic heterocycles. The number of nitro groups is 1. The number of nitrogens with one attached hydrogen (secondary N) is 1. The Labute approximate surface area is 246 Å². The Bertz CT molecular complexity index is 1520. The van der Waals surface area contributed by atoms with Gasteiger partial charge in [0, 0.05) is 24.2 Å². The monoisotopic (exact) mass is 596 g/mol. The topological polar surface area (TPSA) is 139 Å². The van der Waals surface area contributed by atoms with Crippen LogP contribution in [0, 0.1) is 10.1 Å². The minimum atomic E-state index is -4.35. The van der Waals surface area contributed by atoms with E-state index in [1.807, 2.05) is 20.8 Å². The molecule has 0 aliphatic rings. The number of sulfonamides is 1. The van der Waals surface area contributed by atoms with E-state index in [1.165, 1.54) is 42.3 Å². The summed E-state index contributed by atoms with van der Waals surface area (Å²) in [7, 11) is -2.83. The molecular weight excluding hydrogens is 560 g/mol. The predicted octanol–water partition coefficient (Wildman–Crippen LogP) is 4.52. The van der Waals surface area contributed by atoms with Gasteiger partial charge in [0.2, 0.25) is 11.8 Å². The van der Waals surface area contributed by atoms with Gasteiger partial charge in [0.05, 0.1) is 22.6 Å². The molecule has 2 amide bonds. The molecule has 0 bridgehead atoms. The second kappa shape index (κ2) is 13.5. The minimum absolute atomic E-state index is 0.0136. The van der Waals surface area contributed by atoms with Crippen molar-refractivity contribution in [2.75, 3.05) is 18.0 Å². The fourth-order valence-corrected chi connectivity index (χ4v) is 5.78. The van der Waals surface area contributed by atoms with Crippen LogP contribution >= 0.6 is 0 Å². The van der Waals surface area contributed by atoms with Gasteiger partial charge in [-0.25, -0.2) is 8.42 Å². The normalized spacial score (nSPS) is 12.2. The number of rotatable bonds is 12. The quantitative estimate of drug-likeness (QED) is 0.240. The van der Waals surface area contributed by atoms with Gasteiger partial charge in [-0.15, -0.1) is 0 Å². The van der Waals surface area contributed by atoms with Crippen LogP contribution in [0.3, 0.4) is 0 Å². The highest BCUT2D eigenvalue weighted by molar-refractivity contribution is 7.92. The Hall–Kier alpha value is -4.45. The van der Waals surface area contributed by atoms with Crippen LogP contribution in [0.25, 0.3) is 0 Å². The first-order chi connectivity index (χ1) is 19.8. The molecule has 42 heavy (non-hydrogen) atoms. The summed E-state index contributed by atoms with van der Waals surface area (Å²) in [5, 5.41) is 14.4. The third-order valence-electron chi connectivity index (χ3n) is 6.31. The molecule has 0 unspecified atom stereocenters. The average Bonchev–Trinajstić information content (AvgIpc) is 2.95. The van der Waals surface area contributed by atoms with Crippen molar-refractivity contribution < 1.29 is 27.7 Å². The molecule has 12 heteroatoms. The number of methoxy groups -OCH3 is 1. The highest BCUT2D eigenvalue weighted by atomic mass is 32.2. The minimum Gasteiger partial charge on any atom is -0.497 e. The number of hydrogen-bond donors (Lipinski definition) is 1. The molecule has 0 spiro atoms. The SMILES string of the molecule is CC[C@H](C(=O)NC(C)(C)C)N(Cc1cccc(OC)c1)C(=O)CN(c1cccc([N+](=O)[O-])c1)S(=O)(=O)c1ccccc1. The second-order valence-corrected chi connectivity index (χ2v) is 12.5. The molecule has 0 heterocycles. The van der Waals surface area contributed by atoms with Crippen molar-refractivity contribution in [3.05, 3.63) is 94.5 Å². The Balaban J connectivity index is 2.11. The average molecular weight is 597 g/mol. The van der Waals surface area contributed by atoms with Gasteiger partial charge in [-0.2, -0.15) is 0 Å². The number of non-ortho nitro benzene ring substituents is 1. The van der Waals surface area contributed by atoms with Crippen molar-refractivity contribution in [2.24, 2.45) is 0 Å². The van der Waals surface area contributed by atoms with Crippen LogP contribution in [0.1, 0.15) is 39.7 Å². The number of nitro benzene ring substituents is 1. The third kappa shape index (κ3) is 8.06. The second-order valence-electron chi connectivity index (χ2n) is 10.6. The summed E-state index contributed by atoms with van der Waals surface area (Å²) in [6, 6.07) is 18.6. The van der Waals surface area contributed by atoms with Crippen molar-refractivity contribution in [3.63, 3.8) is 0 Å². The number of carbonyl (C=O) groups is 2. The number of ether oxygens (including phenoxy) is 1. The maximum atomic E-state index is 14.1. The van der Waals surface area contributed by atoms with Crippen molar-refractivity contribution >= 4 is 33.2 Å². The van der Waals surface area contributed by atoms with E-state index in [0.717, 1.165) is 10.4 Å². The van der Waals surface area contributed by atoms with E-state index < -0.39 is 44.9 Å². The standard InChI is InChI=1S/C30H36N4O7S/c1-6-27(29(36)31-30(2,3)4)32(20-22-12-10-15-25(18-22)41-5)28(35)21-33(23-13-11-14-24(19-23)34(37)38)42(39,40)26-16-8-7-9-17-26/h7-19,27H,6,20-21H2,1-5H3,(H,31,36)/t27-/m1/s1. The highest BCUT2D eigenvalue weighted by Crippen LogP contribution is 2.28. The highest BCUT2D eigenvalue weighted by Gasteiger charge is 2.35. The first kappa shape index (κ1) is 32.1. The van der Waals surface area contributed by atoms with Gasteiger partial charge in [0.15, 0.2) is 0 Å². The van der Waals surface area contributed by atoms with Crippen molar-refractivity contribution in [1.82, 2.24) is 10.2 Å². The van der Waals surface area contributed by atoms with Crippen LogP contribution in [0.15, 0.2) is 83.8 Å². The summed E-state index contributed by atoms with van der Waals surface area (Å²) in [5.74, 6) is -0.509. The molecule has 0 aliphatic carbocycles. The Morgan fingerprint density at radius 1 is 1.00 bits per heavy atom. The van der Waals surface area contributed by atoms with Crippen LogP contribution < -0.4 is 14.4 Å². The molecule has 11 nitrogen and oxygen atoms in total. The van der Waals surface area contributed by atoms with E-state index in [4.69, 9.17) is 4.74 Å². The van der Waals surface area contributed by atoms with E-state index in [0.29, 0.717) is 11.3 Å². The zero-order valence-electron chi connectivity index (χ0n) is 24.3. The zero-order valence-corrected chi connectivity index (χ0v) is 25.1. The number of nitrogens with zero attached hydrogens (tertiary/aromatic N) is 3. The van der Waals surface area contributed by atoms with Gasteiger partial charge in [-0.1, -0.05) is 43.3 Å². The zero-order chi connectivity index (χ0) is 31.1. The molecule has 0 aromatic heterocycles. The molecule has 0 radical (unpaired) electrons. The van der Waals surface area contributed by atoms with E-state index >= 15 is 0 Å². The largest absolute Gasteiger partial charge is 0.497 e. The van der Waals surface area contributed by atoms with Crippen LogP contribution in [0.4, 0.5) is 11.4 Å². The maximum Gasteiger partial charge on any atom is 0.271 e. The van der Waals surface area contributed by atoms with E-state index in [9.17, 15) is 28.1 Å². The lowest BCUT2D eigenvalue weighted by molar-refractivity contribution is -0.384. The first-order valence-electron chi connectivity index (χ1n) is 13.3. The summed E-state index contributed by atoms with van der Waals surface area (Å²) in [6.45, 7) is 6.51. The molecule has 0 saturated heterocycles. The molecule has 3 aromatic carbocycles. The fraction of sp³-hybridized carbons (Fsp3) is 0.333. The van der Waals surface area contributed by atoms with Gasteiger partial charge in [0.25, 0.3) is 15.7 Å². The van der Waals surface area contributed by atoms with Crippen LogP contribution in [-0.2, 0) is 26.2 Å². The molecule has 0 fully saturated rings. The van der Waals surface area contributed by atoms with Crippen molar-refractivity contribution in [1.29, 1.82) is 0 Å². The summed E-state index contributed by atoms with van der Waals surface area (Å²) in [4.78, 5) is 39.6. The van der Waals surface area contributed by atoms with Crippen LogP contribution in [-0.4, -0.2) is 55.3 Å². The van der Waals surface area contributed by atoms with Crippen LogP contribution in [0.5, 0.6) is 5.75 Å². The molecule has 3 rings (SSSR count). The molecule has 1 N–H and O–H groups in total. The summed E-state index contributed by atoms with van der Waals surface area (Å²) in [5.41, 5.74) is -0.314. The number of amides is 2. The lowest BCUT2D eigenvalue weighted by Gasteiger charge is -2.34. The molecule has 0 saturated carbocycles. The van der Waals surface area contributed by atoms with E-state index in [-0.39, 0.29) is 29.2 Å². The first-order valence-corrected chi connectivity index (χ1v) is 14.8. The van der Waals surface area contributed by atoms with Crippen molar-refractivity contribution in [3.8, 4) is 5.75 Å². The number of anilines is 1. The molecule has 3 aromatic rings. The van der Waals surface area contributed by atoms with Gasteiger partial charge in [-0.05, 0) is 63.1 Å². The van der Waals surface area contributed by atoms with Crippen molar-refractivity contribution in [2.45, 2.75) is 57.1 Å². The number of hydrogen-bond acceptors (Lipinski definition) is 7. The molecule has 1 atom stereocenters. The fourth-order valence-electron chi connectivity index (χ4n) is 4.35. The Morgan fingerprint density at radius 2 is 1.67 bits per heavy atom. The van der Waals surface area contributed by atoms with E-state index in [2.05, 4.69) is 5.32 Å². The van der Waals surface area contributed by atoms with Gasteiger partial charge in [0.1, 0.15) is 18.3 Å². The van der Waals surface area contributed by atoms with Gasteiger partial charge < -0.3 is 15.0 Å². The molecule has 224 valence electrons. The number of carbonyl (C=O) groups excluding carboxylic acids is 2. The summed E-state index contributed by atoms with van der Waals surface area (Å²) in [6.07, 6.45) is 0.250. The summed E-state index contributed by atoms with van der Waals surface area (Å²) >= 11 is 0. The van der Waals surface area contributed by atoms with Gasteiger partial charge in [-0.3, -0.25) is 24.0 Å². The lowest BCUT2D eigenvalue weighted by Crippen LogP contribution is -2.55. The smallest absolute Gasteiger partial charge is 0.271 e. The maximum absolute atomic E-state index is 14.1. The third-order valence-corrected chi connectivity index (χ3v) is 8.10. The lowest BCUT2D eigenvalue weighted by atomic mass is 10.1. The van der Waals surface area contributed by atoms with E-state index in [1.54, 1.807) is 49.4 Å². The summed E-state index contributed by atoms with van der Waals surface area (Å²) < 4.78 is 33.9. The molecular formula is C30H36N4O7S. The number of benzene rings is 3. The Morgan fingerprint density at radius 3 is 2.26 bits per heavy atom. The Kier molecular flexibility index (Phi) is 10.3. The van der Waals surface area contributed by atoms with Gasteiger partial charge >= 0.3 is 0 Å². The predicted molar refractivity (Wildman–Crippen MR) is 160 cm³/mol. The van der Waals surface area contributed by atoms with Crippen LogP contribution in [0.2, 0.25) is 0 Å².